The van der Waals surface area contributed by atoms with Crippen LogP contribution in [0.15, 0.2) is 48.5 Å². The third-order valence-corrected chi connectivity index (χ3v) is 4.72. The first-order chi connectivity index (χ1) is 10.5. The Balaban J connectivity index is 1.80. The van der Waals surface area contributed by atoms with Crippen molar-refractivity contribution in [3.8, 4) is 5.75 Å². The van der Waals surface area contributed by atoms with Gasteiger partial charge in [-0.1, -0.05) is 47.5 Å². The van der Waals surface area contributed by atoms with Crippen molar-refractivity contribution < 1.29 is 13.2 Å². The average Bonchev–Trinajstić information content (AvgIpc) is 2.48. The molecule has 118 valence electrons. The van der Waals surface area contributed by atoms with Crippen LogP contribution in [0.4, 0.5) is 0 Å². The number of halogens is 1. The third kappa shape index (κ3) is 5.33. The molecule has 6 heteroatoms. The first-order valence-electron chi connectivity index (χ1n) is 6.86. The molecule has 0 bridgehead atoms. The molecule has 1 N–H and O–H groups in total. The first-order valence-corrected chi connectivity index (χ1v) is 8.89. The molecule has 0 aliphatic heterocycles. The van der Waals surface area contributed by atoms with E-state index in [-0.39, 0.29) is 18.9 Å². The van der Waals surface area contributed by atoms with Crippen LogP contribution in [-0.4, -0.2) is 21.6 Å². The predicted octanol–water partition coefficient (Wildman–Crippen LogP) is 3.15. The van der Waals surface area contributed by atoms with Crippen LogP contribution in [0.2, 0.25) is 5.02 Å². The molecular weight excluding hydrogens is 322 g/mol. The second-order valence-corrected chi connectivity index (χ2v) is 7.12. The molecule has 0 aliphatic carbocycles. The Morgan fingerprint density at radius 2 is 1.77 bits per heavy atom. The second-order valence-electron chi connectivity index (χ2n) is 4.91. The van der Waals surface area contributed by atoms with Gasteiger partial charge in [0.15, 0.2) is 0 Å². The fraction of sp³-hybridized carbons (Fsp3) is 0.250. The highest BCUT2D eigenvalue weighted by molar-refractivity contribution is 7.88. The predicted molar refractivity (Wildman–Crippen MR) is 88.8 cm³/mol. The van der Waals surface area contributed by atoms with Crippen LogP contribution in [0.3, 0.4) is 0 Å². The SMILES string of the molecule is Cc1ccc(OCCNS(=O)(=O)Cc2ccccc2Cl)cc1. The van der Waals surface area contributed by atoms with Crippen LogP contribution in [0.5, 0.6) is 5.75 Å². The van der Waals surface area contributed by atoms with Gasteiger partial charge in [-0.15, -0.1) is 0 Å². The fourth-order valence-electron chi connectivity index (χ4n) is 1.87. The summed E-state index contributed by atoms with van der Waals surface area (Å²) >= 11 is 5.97. The molecule has 0 fully saturated rings. The van der Waals surface area contributed by atoms with Crippen molar-refractivity contribution in [2.24, 2.45) is 0 Å². The molecule has 0 spiro atoms. The molecule has 4 nitrogen and oxygen atoms in total. The Labute approximate surface area is 136 Å². The van der Waals surface area contributed by atoms with E-state index in [1.165, 1.54) is 0 Å². The number of sulfonamides is 1. The van der Waals surface area contributed by atoms with Crippen LogP contribution in [0.1, 0.15) is 11.1 Å². The smallest absolute Gasteiger partial charge is 0.215 e. The quantitative estimate of drug-likeness (QED) is 0.788. The number of rotatable bonds is 7. The van der Waals surface area contributed by atoms with E-state index in [1.807, 2.05) is 31.2 Å². The van der Waals surface area contributed by atoms with Gasteiger partial charge in [-0.05, 0) is 30.7 Å². The summed E-state index contributed by atoms with van der Waals surface area (Å²) in [6, 6.07) is 14.5. The zero-order valence-corrected chi connectivity index (χ0v) is 13.8. The highest BCUT2D eigenvalue weighted by Crippen LogP contribution is 2.17. The van der Waals surface area contributed by atoms with Gasteiger partial charge in [-0.2, -0.15) is 0 Å². The van der Waals surface area contributed by atoms with Crippen molar-refractivity contribution in [3.05, 3.63) is 64.7 Å². The molecule has 0 aliphatic rings. The number of nitrogens with one attached hydrogen (secondary N) is 1. The number of aryl methyl sites for hydroxylation is 1. The summed E-state index contributed by atoms with van der Waals surface area (Å²) in [7, 11) is -3.43. The topological polar surface area (TPSA) is 55.4 Å². The lowest BCUT2D eigenvalue weighted by molar-refractivity contribution is 0.323. The summed E-state index contributed by atoms with van der Waals surface area (Å²) in [6.45, 7) is 2.47. The Hall–Kier alpha value is -1.56. The van der Waals surface area contributed by atoms with Gasteiger partial charge >= 0.3 is 0 Å². The summed E-state index contributed by atoms with van der Waals surface area (Å²) in [5.41, 5.74) is 1.73. The molecule has 2 aromatic carbocycles. The van der Waals surface area contributed by atoms with E-state index >= 15 is 0 Å². The van der Waals surface area contributed by atoms with Gasteiger partial charge in [-0.3, -0.25) is 0 Å². The van der Waals surface area contributed by atoms with Crippen LogP contribution in [-0.2, 0) is 15.8 Å². The average molecular weight is 340 g/mol. The summed E-state index contributed by atoms with van der Waals surface area (Å²) in [5, 5.41) is 0.448. The van der Waals surface area contributed by atoms with Crippen molar-refractivity contribution in [1.82, 2.24) is 4.72 Å². The van der Waals surface area contributed by atoms with Gasteiger partial charge in [0.05, 0.1) is 5.75 Å². The van der Waals surface area contributed by atoms with Crippen molar-refractivity contribution in [3.63, 3.8) is 0 Å². The normalized spacial score (nSPS) is 11.4. The van der Waals surface area contributed by atoms with E-state index in [2.05, 4.69) is 4.72 Å². The monoisotopic (exact) mass is 339 g/mol. The maximum absolute atomic E-state index is 12.0. The summed E-state index contributed by atoms with van der Waals surface area (Å²) in [5.74, 6) is 0.577. The number of benzene rings is 2. The molecule has 0 unspecified atom stereocenters. The Morgan fingerprint density at radius 1 is 1.09 bits per heavy atom. The van der Waals surface area contributed by atoms with E-state index in [1.54, 1.807) is 24.3 Å². The summed E-state index contributed by atoms with van der Waals surface area (Å²) in [4.78, 5) is 0. The lowest BCUT2D eigenvalue weighted by Crippen LogP contribution is -2.29. The van der Waals surface area contributed by atoms with Crippen LogP contribution in [0.25, 0.3) is 0 Å². The van der Waals surface area contributed by atoms with E-state index in [4.69, 9.17) is 16.3 Å². The van der Waals surface area contributed by atoms with Gasteiger partial charge in [0.25, 0.3) is 0 Å². The van der Waals surface area contributed by atoms with Crippen molar-refractivity contribution >= 4 is 21.6 Å². The Kier molecular flexibility index (Phi) is 5.83. The maximum atomic E-state index is 12.0. The Bertz CT molecular complexity index is 714. The molecule has 0 atom stereocenters. The minimum atomic E-state index is -3.43. The van der Waals surface area contributed by atoms with Crippen LogP contribution >= 0.6 is 11.6 Å². The minimum absolute atomic E-state index is 0.142. The Morgan fingerprint density at radius 3 is 2.45 bits per heavy atom. The number of hydrogen-bond acceptors (Lipinski definition) is 3. The first kappa shape index (κ1) is 16.8. The maximum Gasteiger partial charge on any atom is 0.215 e. The van der Waals surface area contributed by atoms with Gasteiger partial charge in [-0.25, -0.2) is 13.1 Å². The minimum Gasteiger partial charge on any atom is -0.492 e. The van der Waals surface area contributed by atoms with Gasteiger partial charge in [0, 0.05) is 11.6 Å². The summed E-state index contributed by atoms with van der Waals surface area (Å²) < 4.78 is 31.9. The van der Waals surface area contributed by atoms with Gasteiger partial charge < -0.3 is 4.74 Å². The molecular formula is C16H18ClNO3S. The number of ether oxygens (including phenoxy) is 1. The highest BCUT2D eigenvalue weighted by Gasteiger charge is 2.13. The molecule has 0 aromatic heterocycles. The summed E-state index contributed by atoms with van der Waals surface area (Å²) in [6.07, 6.45) is 0. The van der Waals surface area contributed by atoms with Crippen LogP contribution < -0.4 is 9.46 Å². The van der Waals surface area contributed by atoms with E-state index in [0.717, 1.165) is 11.3 Å². The second kappa shape index (κ2) is 7.63. The van der Waals surface area contributed by atoms with Crippen molar-refractivity contribution in [2.45, 2.75) is 12.7 Å². The lowest BCUT2D eigenvalue weighted by atomic mass is 10.2. The molecule has 0 saturated carbocycles. The van der Waals surface area contributed by atoms with E-state index in [9.17, 15) is 8.42 Å². The van der Waals surface area contributed by atoms with Crippen molar-refractivity contribution in [2.75, 3.05) is 13.2 Å². The third-order valence-electron chi connectivity index (χ3n) is 3.02. The standard InChI is InChI=1S/C16H18ClNO3S/c1-13-6-8-15(9-7-13)21-11-10-18-22(19,20)12-14-4-2-3-5-16(14)17/h2-9,18H,10-12H2,1H3. The molecule has 2 rings (SSSR count). The highest BCUT2D eigenvalue weighted by atomic mass is 35.5. The number of hydrogen-bond donors (Lipinski definition) is 1. The van der Waals surface area contributed by atoms with Crippen molar-refractivity contribution in [1.29, 1.82) is 0 Å². The van der Waals surface area contributed by atoms with Crippen LogP contribution in [0, 0.1) is 6.92 Å². The molecule has 0 heterocycles. The van der Waals surface area contributed by atoms with E-state index < -0.39 is 10.0 Å². The molecule has 0 amide bonds. The van der Waals surface area contributed by atoms with Gasteiger partial charge in [0.1, 0.15) is 12.4 Å². The molecule has 0 saturated heterocycles. The van der Waals surface area contributed by atoms with E-state index in [0.29, 0.717) is 10.6 Å². The molecule has 0 radical (unpaired) electrons. The molecule has 2 aromatic rings. The van der Waals surface area contributed by atoms with Gasteiger partial charge in [0.2, 0.25) is 10.0 Å². The largest absolute Gasteiger partial charge is 0.492 e. The molecule has 22 heavy (non-hydrogen) atoms. The zero-order chi connectivity index (χ0) is 16.0. The fourth-order valence-corrected chi connectivity index (χ4v) is 3.31. The lowest BCUT2D eigenvalue weighted by Gasteiger charge is -2.09. The zero-order valence-electron chi connectivity index (χ0n) is 12.3.